The molecule has 0 aliphatic rings. The molecule has 2 aromatic rings. The molecule has 0 atom stereocenters. The maximum atomic E-state index is 12.0. The number of para-hydroxylation sites is 1. The van der Waals surface area contributed by atoms with E-state index in [-0.39, 0.29) is 24.6 Å². The Bertz CT molecular complexity index is 793. The number of benzene rings is 1. The molecule has 0 bridgehead atoms. The van der Waals surface area contributed by atoms with Gasteiger partial charge in [0.05, 0.1) is 6.42 Å². The molecule has 0 saturated heterocycles. The number of hydrogen-bond donors (Lipinski definition) is 2. The number of aromatic nitrogens is 1. The van der Waals surface area contributed by atoms with Crippen LogP contribution in [0.3, 0.4) is 0 Å². The van der Waals surface area contributed by atoms with Crippen molar-refractivity contribution in [3.63, 3.8) is 0 Å². The molecule has 0 aliphatic carbocycles. The maximum Gasteiger partial charge on any atom is 0.306 e. The number of nitrogens with zero attached hydrogens (tertiary/aromatic N) is 1. The van der Waals surface area contributed by atoms with Crippen molar-refractivity contribution in [2.75, 3.05) is 17.2 Å². The molecule has 0 saturated carbocycles. The van der Waals surface area contributed by atoms with Gasteiger partial charge in [0.1, 0.15) is 5.76 Å². The second-order valence-electron chi connectivity index (χ2n) is 5.85. The van der Waals surface area contributed by atoms with Gasteiger partial charge in [-0.2, -0.15) is 0 Å². The Kier molecular flexibility index (Phi) is 6.48. The number of aryl methyl sites for hydroxylation is 3. The summed E-state index contributed by atoms with van der Waals surface area (Å²) >= 11 is 0. The summed E-state index contributed by atoms with van der Waals surface area (Å²) in [5, 5.41) is 8.81. The standard InChI is InChI=1S/C18H21N3O5/c1-11-5-4-6-12(2)18(11)20-15(22)7-8-17(24)25-10-16(23)19-14-9-13(3)26-21-14/h4-6,9H,7-8,10H2,1-3H3,(H,20,22)(H,19,21,23). The fourth-order valence-corrected chi connectivity index (χ4v) is 2.25. The van der Waals surface area contributed by atoms with Gasteiger partial charge in [-0.25, -0.2) is 0 Å². The lowest BCUT2D eigenvalue weighted by atomic mass is 10.1. The first kappa shape index (κ1) is 19.2. The van der Waals surface area contributed by atoms with Gasteiger partial charge in [-0.1, -0.05) is 23.4 Å². The van der Waals surface area contributed by atoms with Crippen LogP contribution in [-0.4, -0.2) is 29.5 Å². The lowest BCUT2D eigenvalue weighted by Gasteiger charge is -2.11. The zero-order valence-corrected chi connectivity index (χ0v) is 14.9. The van der Waals surface area contributed by atoms with Crippen molar-refractivity contribution >= 4 is 29.3 Å². The molecule has 2 N–H and O–H groups in total. The van der Waals surface area contributed by atoms with Crippen LogP contribution >= 0.6 is 0 Å². The third kappa shape index (κ3) is 5.73. The van der Waals surface area contributed by atoms with Crippen molar-refractivity contribution in [2.45, 2.75) is 33.6 Å². The molecule has 138 valence electrons. The van der Waals surface area contributed by atoms with Crippen molar-refractivity contribution in [3.05, 3.63) is 41.2 Å². The predicted octanol–water partition coefficient (Wildman–Crippen LogP) is 2.50. The zero-order chi connectivity index (χ0) is 19.1. The number of anilines is 2. The Morgan fingerprint density at radius 1 is 1.04 bits per heavy atom. The summed E-state index contributed by atoms with van der Waals surface area (Å²) in [5.41, 5.74) is 2.63. The lowest BCUT2D eigenvalue weighted by molar-refractivity contribution is -0.147. The van der Waals surface area contributed by atoms with E-state index >= 15 is 0 Å². The summed E-state index contributed by atoms with van der Waals surface area (Å²) in [6.45, 7) is 5.02. The van der Waals surface area contributed by atoms with Crippen molar-refractivity contribution in [2.24, 2.45) is 0 Å². The third-order valence-corrected chi connectivity index (χ3v) is 3.56. The molecule has 2 amide bonds. The second kappa shape index (κ2) is 8.80. The molecule has 2 rings (SSSR count). The van der Waals surface area contributed by atoms with E-state index in [2.05, 4.69) is 15.8 Å². The molecular weight excluding hydrogens is 338 g/mol. The minimum absolute atomic E-state index is 0.0310. The first-order chi connectivity index (χ1) is 12.3. The molecule has 0 radical (unpaired) electrons. The van der Waals surface area contributed by atoms with Gasteiger partial charge in [-0.05, 0) is 31.9 Å². The van der Waals surface area contributed by atoms with Crippen LogP contribution in [0.1, 0.15) is 29.7 Å². The van der Waals surface area contributed by atoms with Crippen molar-refractivity contribution < 1.29 is 23.6 Å². The summed E-state index contributed by atoms with van der Waals surface area (Å²) in [7, 11) is 0. The molecule has 1 aromatic heterocycles. The van der Waals surface area contributed by atoms with E-state index in [1.54, 1.807) is 6.92 Å². The predicted molar refractivity (Wildman–Crippen MR) is 94.6 cm³/mol. The molecular formula is C18H21N3O5. The van der Waals surface area contributed by atoms with Crippen molar-refractivity contribution in [1.82, 2.24) is 5.16 Å². The quantitative estimate of drug-likeness (QED) is 0.735. The Labute approximate surface area is 150 Å². The minimum atomic E-state index is -0.631. The van der Waals surface area contributed by atoms with Crippen molar-refractivity contribution in [3.8, 4) is 0 Å². The van der Waals surface area contributed by atoms with E-state index in [0.29, 0.717) is 5.76 Å². The topological polar surface area (TPSA) is 111 Å². The van der Waals surface area contributed by atoms with Crippen LogP contribution in [0.4, 0.5) is 11.5 Å². The molecule has 0 unspecified atom stereocenters. The van der Waals surface area contributed by atoms with Gasteiger partial charge in [-0.3, -0.25) is 14.4 Å². The second-order valence-corrected chi connectivity index (χ2v) is 5.85. The first-order valence-corrected chi connectivity index (χ1v) is 8.10. The smallest absolute Gasteiger partial charge is 0.306 e. The molecule has 8 heteroatoms. The Balaban J connectivity index is 1.71. The summed E-state index contributed by atoms with van der Waals surface area (Å²) < 4.78 is 9.65. The van der Waals surface area contributed by atoms with Crippen LogP contribution in [0, 0.1) is 20.8 Å². The van der Waals surface area contributed by atoms with Crippen LogP contribution < -0.4 is 10.6 Å². The highest BCUT2D eigenvalue weighted by Crippen LogP contribution is 2.19. The van der Waals surface area contributed by atoms with E-state index in [9.17, 15) is 14.4 Å². The Morgan fingerprint density at radius 3 is 2.35 bits per heavy atom. The number of esters is 1. The van der Waals surface area contributed by atoms with E-state index in [0.717, 1.165) is 16.8 Å². The average Bonchev–Trinajstić information content (AvgIpc) is 2.99. The molecule has 1 heterocycles. The van der Waals surface area contributed by atoms with Crippen LogP contribution in [0.15, 0.2) is 28.8 Å². The molecule has 26 heavy (non-hydrogen) atoms. The normalized spacial score (nSPS) is 10.3. The summed E-state index contributed by atoms with van der Waals surface area (Å²) in [5.74, 6) is -0.662. The maximum absolute atomic E-state index is 12.0. The summed E-state index contributed by atoms with van der Waals surface area (Å²) in [6, 6.07) is 7.23. The number of carbonyl (C=O) groups excluding carboxylic acids is 3. The van der Waals surface area contributed by atoms with Crippen LogP contribution in [0.25, 0.3) is 0 Å². The fraction of sp³-hybridized carbons (Fsp3) is 0.333. The SMILES string of the molecule is Cc1cc(NC(=O)COC(=O)CCC(=O)Nc2c(C)cccc2C)no1. The largest absolute Gasteiger partial charge is 0.456 e. The number of hydrogen-bond acceptors (Lipinski definition) is 6. The minimum Gasteiger partial charge on any atom is -0.456 e. The van der Waals surface area contributed by atoms with Crippen molar-refractivity contribution in [1.29, 1.82) is 0 Å². The highest BCUT2D eigenvalue weighted by atomic mass is 16.5. The number of nitrogens with one attached hydrogen (secondary N) is 2. The highest BCUT2D eigenvalue weighted by Gasteiger charge is 2.13. The van der Waals surface area contributed by atoms with Gasteiger partial charge in [0.2, 0.25) is 5.91 Å². The van der Waals surface area contributed by atoms with Gasteiger partial charge < -0.3 is 19.9 Å². The van der Waals surface area contributed by atoms with E-state index < -0.39 is 18.5 Å². The fourth-order valence-electron chi connectivity index (χ4n) is 2.25. The van der Waals surface area contributed by atoms with E-state index in [4.69, 9.17) is 9.26 Å². The van der Waals surface area contributed by atoms with Gasteiger partial charge in [0, 0.05) is 18.2 Å². The Morgan fingerprint density at radius 2 is 1.73 bits per heavy atom. The Hall–Kier alpha value is -3.16. The van der Waals surface area contributed by atoms with Gasteiger partial charge in [-0.15, -0.1) is 0 Å². The molecule has 8 nitrogen and oxygen atoms in total. The van der Waals surface area contributed by atoms with Gasteiger partial charge in [0.25, 0.3) is 5.91 Å². The van der Waals surface area contributed by atoms with Crippen LogP contribution in [0.5, 0.6) is 0 Å². The summed E-state index contributed by atoms with van der Waals surface area (Å²) in [6.07, 6.45) is -0.149. The highest BCUT2D eigenvalue weighted by molar-refractivity contribution is 5.95. The monoisotopic (exact) mass is 359 g/mol. The molecule has 0 aliphatic heterocycles. The van der Waals surface area contributed by atoms with E-state index in [1.807, 2.05) is 32.0 Å². The average molecular weight is 359 g/mol. The summed E-state index contributed by atoms with van der Waals surface area (Å²) in [4.78, 5) is 35.3. The lowest BCUT2D eigenvalue weighted by Crippen LogP contribution is -2.22. The number of ether oxygens (including phenoxy) is 1. The van der Waals surface area contributed by atoms with Gasteiger partial charge >= 0.3 is 5.97 Å². The van der Waals surface area contributed by atoms with Crippen LogP contribution in [-0.2, 0) is 19.1 Å². The van der Waals surface area contributed by atoms with Crippen LogP contribution in [0.2, 0.25) is 0 Å². The van der Waals surface area contributed by atoms with Gasteiger partial charge in [0.15, 0.2) is 12.4 Å². The van der Waals surface area contributed by atoms with E-state index in [1.165, 1.54) is 6.07 Å². The third-order valence-electron chi connectivity index (χ3n) is 3.56. The molecule has 1 aromatic carbocycles. The molecule has 0 fully saturated rings. The number of rotatable bonds is 7. The first-order valence-electron chi connectivity index (χ1n) is 8.10. The number of carbonyl (C=O) groups is 3. The number of amides is 2. The molecule has 0 spiro atoms. The zero-order valence-electron chi connectivity index (χ0n) is 14.9.